The van der Waals surface area contributed by atoms with Gasteiger partial charge in [0.25, 0.3) is 0 Å². The fourth-order valence-electron chi connectivity index (χ4n) is 1.75. The monoisotopic (exact) mass is 268 g/mol. The van der Waals surface area contributed by atoms with E-state index in [1.54, 1.807) is 10.9 Å². The van der Waals surface area contributed by atoms with Gasteiger partial charge in [-0.3, -0.25) is 4.68 Å². The Morgan fingerprint density at radius 2 is 2.05 bits per heavy atom. The van der Waals surface area contributed by atoms with E-state index in [1.807, 2.05) is 0 Å². The van der Waals surface area contributed by atoms with E-state index in [1.165, 1.54) is 25.7 Å². The van der Waals surface area contributed by atoms with Crippen LogP contribution in [0.2, 0.25) is 0 Å². The van der Waals surface area contributed by atoms with E-state index in [2.05, 4.69) is 17.2 Å². The number of hydrogen-bond donors (Lipinski definition) is 1. The molecule has 6 heteroatoms. The number of rotatable bonds is 10. The molecule has 108 valence electrons. The molecule has 1 rings (SSSR count). The highest BCUT2D eigenvalue weighted by atomic mass is 16.5. The summed E-state index contributed by atoms with van der Waals surface area (Å²) in [6, 6.07) is 0. The zero-order valence-electron chi connectivity index (χ0n) is 11.7. The molecular formula is C13H24N4O2. The lowest BCUT2D eigenvalue weighted by molar-refractivity contribution is 0.0490. The molecule has 0 unspecified atom stereocenters. The van der Waals surface area contributed by atoms with Gasteiger partial charge in [0.15, 0.2) is 5.69 Å². The van der Waals surface area contributed by atoms with Crippen molar-refractivity contribution in [2.45, 2.75) is 52.0 Å². The van der Waals surface area contributed by atoms with Gasteiger partial charge in [0.2, 0.25) is 0 Å². The second-order valence-electron chi connectivity index (χ2n) is 4.56. The van der Waals surface area contributed by atoms with E-state index in [-0.39, 0.29) is 5.69 Å². The second kappa shape index (κ2) is 9.49. The highest BCUT2D eigenvalue weighted by Crippen LogP contribution is 2.05. The zero-order chi connectivity index (χ0) is 13.9. The third-order valence-electron chi connectivity index (χ3n) is 2.84. The molecule has 0 saturated heterocycles. The summed E-state index contributed by atoms with van der Waals surface area (Å²) in [6.07, 6.45) is 8.57. The van der Waals surface area contributed by atoms with Gasteiger partial charge in [0, 0.05) is 6.54 Å². The highest BCUT2D eigenvalue weighted by Gasteiger charge is 2.11. The Bertz CT molecular complexity index is 365. The smallest absolute Gasteiger partial charge is 0.360 e. The predicted octanol–water partition coefficient (Wildman–Crippen LogP) is 1.75. The fourth-order valence-corrected chi connectivity index (χ4v) is 1.75. The van der Waals surface area contributed by atoms with Crippen LogP contribution in [0.4, 0.5) is 0 Å². The Hall–Kier alpha value is -1.43. The van der Waals surface area contributed by atoms with Crippen molar-refractivity contribution in [2.75, 3.05) is 13.2 Å². The second-order valence-corrected chi connectivity index (χ2v) is 4.56. The van der Waals surface area contributed by atoms with Crippen LogP contribution in [0.15, 0.2) is 6.20 Å². The third-order valence-corrected chi connectivity index (χ3v) is 2.84. The lowest BCUT2D eigenvalue weighted by Crippen LogP contribution is -2.10. The summed E-state index contributed by atoms with van der Waals surface area (Å²) in [4.78, 5) is 11.6. The predicted molar refractivity (Wildman–Crippen MR) is 72.7 cm³/mol. The van der Waals surface area contributed by atoms with E-state index in [0.717, 1.165) is 12.8 Å². The molecule has 0 aliphatic carbocycles. The quantitative estimate of drug-likeness (QED) is 0.516. The van der Waals surface area contributed by atoms with Crippen LogP contribution in [0.5, 0.6) is 0 Å². The van der Waals surface area contributed by atoms with Crippen LogP contribution >= 0.6 is 0 Å². The molecule has 1 aromatic rings. The minimum absolute atomic E-state index is 0.249. The Balaban J connectivity index is 2.13. The maximum atomic E-state index is 11.6. The highest BCUT2D eigenvalue weighted by molar-refractivity contribution is 5.86. The van der Waals surface area contributed by atoms with Gasteiger partial charge in [0.1, 0.15) is 0 Å². The summed E-state index contributed by atoms with van der Waals surface area (Å²) < 4.78 is 6.68. The third kappa shape index (κ3) is 6.33. The standard InChI is InChI=1S/C13H24N4O2/c1-2-3-4-5-6-7-10-19-13(18)12-11-17(9-8-14)16-15-12/h11H,2-10,14H2,1H3. The number of carbonyl (C=O) groups is 1. The molecule has 1 heterocycles. The number of aromatic nitrogens is 3. The summed E-state index contributed by atoms with van der Waals surface area (Å²) in [7, 11) is 0. The van der Waals surface area contributed by atoms with Crippen molar-refractivity contribution in [2.24, 2.45) is 5.73 Å². The first-order valence-electron chi connectivity index (χ1n) is 7.05. The average Bonchev–Trinajstić information content (AvgIpc) is 2.87. The molecule has 0 amide bonds. The molecule has 19 heavy (non-hydrogen) atoms. The number of hydrogen-bond acceptors (Lipinski definition) is 5. The zero-order valence-corrected chi connectivity index (χ0v) is 11.7. The number of ether oxygens (including phenoxy) is 1. The maximum absolute atomic E-state index is 11.6. The molecule has 0 spiro atoms. The average molecular weight is 268 g/mol. The Morgan fingerprint density at radius 1 is 1.32 bits per heavy atom. The first kappa shape index (κ1) is 15.6. The van der Waals surface area contributed by atoms with Crippen molar-refractivity contribution < 1.29 is 9.53 Å². The molecule has 0 saturated carbocycles. The van der Waals surface area contributed by atoms with Gasteiger partial charge in [-0.15, -0.1) is 5.10 Å². The van der Waals surface area contributed by atoms with E-state index < -0.39 is 5.97 Å². The van der Waals surface area contributed by atoms with Crippen LogP contribution in [-0.4, -0.2) is 34.1 Å². The van der Waals surface area contributed by atoms with Gasteiger partial charge in [-0.05, 0) is 6.42 Å². The van der Waals surface area contributed by atoms with E-state index >= 15 is 0 Å². The van der Waals surface area contributed by atoms with Crippen LogP contribution in [0.25, 0.3) is 0 Å². The molecule has 1 aromatic heterocycles. The van der Waals surface area contributed by atoms with Gasteiger partial charge < -0.3 is 10.5 Å². The Morgan fingerprint density at radius 3 is 2.79 bits per heavy atom. The van der Waals surface area contributed by atoms with Crippen molar-refractivity contribution in [3.63, 3.8) is 0 Å². The number of nitrogens with zero attached hydrogens (tertiary/aromatic N) is 3. The summed E-state index contributed by atoms with van der Waals surface area (Å²) >= 11 is 0. The van der Waals surface area contributed by atoms with Crippen LogP contribution in [-0.2, 0) is 11.3 Å². The van der Waals surface area contributed by atoms with E-state index in [9.17, 15) is 4.79 Å². The van der Waals surface area contributed by atoms with Crippen LogP contribution in [0.3, 0.4) is 0 Å². The lowest BCUT2D eigenvalue weighted by Gasteiger charge is -2.02. The van der Waals surface area contributed by atoms with Crippen LogP contribution in [0, 0.1) is 0 Å². The van der Waals surface area contributed by atoms with Gasteiger partial charge in [-0.1, -0.05) is 44.2 Å². The number of esters is 1. The van der Waals surface area contributed by atoms with Gasteiger partial charge >= 0.3 is 5.97 Å². The Kier molecular flexibility index (Phi) is 7.81. The Labute approximate surface area is 114 Å². The molecular weight excluding hydrogens is 244 g/mol. The van der Waals surface area contributed by atoms with Crippen molar-refractivity contribution in [1.82, 2.24) is 15.0 Å². The molecule has 6 nitrogen and oxygen atoms in total. The molecule has 0 radical (unpaired) electrons. The number of unbranched alkanes of at least 4 members (excludes halogenated alkanes) is 5. The summed E-state index contributed by atoms with van der Waals surface area (Å²) in [5.41, 5.74) is 5.64. The minimum Gasteiger partial charge on any atom is -0.461 e. The molecule has 0 aliphatic rings. The molecule has 0 fully saturated rings. The van der Waals surface area contributed by atoms with Crippen molar-refractivity contribution >= 4 is 5.97 Å². The van der Waals surface area contributed by atoms with Crippen LogP contribution < -0.4 is 5.73 Å². The van der Waals surface area contributed by atoms with Crippen molar-refractivity contribution in [1.29, 1.82) is 0 Å². The maximum Gasteiger partial charge on any atom is 0.360 e. The van der Waals surface area contributed by atoms with E-state index in [0.29, 0.717) is 19.7 Å². The number of carbonyl (C=O) groups excluding carboxylic acids is 1. The first-order chi connectivity index (χ1) is 9.27. The number of nitrogens with two attached hydrogens (primary N) is 1. The summed E-state index contributed by atoms with van der Waals surface area (Å²) in [5, 5.41) is 7.55. The van der Waals surface area contributed by atoms with Gasteiger partial charge in [0.05, 0.1) is 19.3 Å². The molecule has 0 aromatic carbocycles. The van der Waals surface area contributed by atoms with Crippen molar-refractivity contribution in [3.05, 3.63) is 11.9 Å². The van der Waals surface area contributed by atoms with Gasteiger partial charge in [-0.25, -0.2) is 4.79 Å². The molecule has 0 aliphatic heterocycles. The van der Waals surface area contributed by atoms with E-state index in [4.69, 9.17) is 10.5 Å². The topological polar surface area (TPSA) is 83.0 Å². The summed E-state index contributed by atoms with van der Waals surface area (Å²) in [5.74, 6) is -0.406. The lowest BCUT2D eigenvalue weighted by atomic mass is 10.1. The fraction of sp³-hybridized carbons (Fsp3) is 0.769. The largest absolute Gasteiger partial charge is 0.461 e. The first-order valence-corrected chi connectivity index (χ1v) is 7.05. The van der Waals surface area contributed by atoms with Crippen molar-refractivity contribution in [3.8, 4) is 0 Å². The molecule has 0 atom stereocenters. The van der Waals surface area contributed by atoms with Crippen LogP contribution in [0.1, 0.15) is 55.9 Å². The SMILES string of the molecule is CCCCCCCCOC(=O)c1cn(CCN)nn1. The normalized spacial score (nSPS) is 10.6. The minimum atomic E-state index is -0.406. The summed E-state index contributed by atoms with van der Waals surface area (Å²) in [6.45, 7) is 3.67. The van der Waals surface area contributed by atoms with Gasteiger partial charge in [-0.2, -0.15) is 0 Å². The molecule has 0 bridgehead atoms. The molecule has 2 N–H and O–H groups in total.